The molecule has 1 aliphatic heterocycles. The highest BCUT2D eigenvalue weighted by molar-refractivity contribution is 7.89. The van der Waals surface area contributed by atoms with E-state index in [4.69, 9.17) is 0 Å². The van der Waals surface area contributed by atoms with Crippen LogP contribution >= 0.6 is 0 Å². The van der Waals surface area contributed by atoms with Crippen LogP contribution in [-0.4, -0.2) is 29.0 Å². The second kappa shape index (κ2) is 4.96. The molecule has 0 spiro atoms. The van der Waals surface area contributed by atoms with Crippen LogP contribution in [0.1, 0.15) is 22.3 Å². The van der Waals surface area contributed by atoms with Gasteiger partial charge in [0.25, 0.3) is 10.0 Å². The second-order valence-corrected chi connectivity index (χ2v) is 7.49. The van der Waals surface area contributed by atoms with Crippen LogP contribution in [0.15, 0.2) is 29.4 Å². The lowest BCUT2D eigenvalue weighted by molar-refractivity contribution is 0.386. The van der Waals surface area contributed by atoms with Crippen molar-refractivity contribution >= 4 is 10.0 Å². The van der Waals surface area contributed by atoms with Gasteiger partial charge in [-0.1, -0.05) is 17.7 Å². The van der Waals surface area contributed by atoms with Gasteiger partial charge in [0.1, 0.15) is 0 Å². The molecule has 2 heterocycles. The predicted octanol–water partition coefficient (Wildman–Crippen LogP) is 1.78. The summed E-state index contributed by atoms with van der Waals surface area (Å²) in [7, 11) is -1.83. The van der Waals surface area contributed by atoms with E-state index in [0.717, 1.165) is 12.0 Å². The van der Waals surface area contributed by atoms with Crippen LogP contribution in [0.25, 0.3) is 0 Å². The van der Waals surface area contributed by atoms with Crippen molar-refractivity contribution in [3.05, 3.63) is 46.6 Å². The Labute approximate surface area is 125 Å². The summed E-state index contributed by atoms with van der Waals surface area (Å²) in [5.74, 6) is 0. The van der Waals surface area contributed by atoms with E-state index in [1.54, 1.807) is 17.4 Å². The minimum atomic E-state index is -3.48. The maximum absolute atomic E-state index is 12.7. The van der Waals surface area contributed by atoms with Crippen molar-refractivity contribution in [1.29, 1.82) is 0 Å². The maximum atomic E-state index is 12.7. The first-order chi connectivity index (χ1) is 9.89. The van der Waals surface area contributed by atoms with Crippen LogP contribution in [0.5, 0.6) is 0 Å². The molecule has 0 bridgehead atoms. The van der Waals surface area contributed by atoms with E-state index < -0.39 is 10.0 Å². The van der Waals surface area contributed by atoms with Crippen molar-refractivity contribution in [3.8, 4) is 0 Å². The number of aromatic nitrogens is 2. The highest BCUT2D eigenvalue weighted by Gasteiger charge is 2.30. The molecular weight excluding hydrogens is 286 g/mol. The molecule has 0 saturated carbocycles. The normalized spacial score (nSPS) is 16.0. The molecule has 0 N–H and O–H groups in total. The van der Waals surface area contributed by atoms with Crippen LogP contribution < -0.4 is 0 Å². The first-order valence-corrected chi connectivity index (χ1v) is 8.41. The molecular formula is C15H19N3O2S. The molecule has 0 radical (unpaired) electrons. The quantitative estimate of drug-likeness (QED) is 0.850. The summed E-state index contributed by atoms with van der Waals surface area (Å²) in [6, 6.07) is 5.80. The van der Waals surface area contributed by atoms with Gasteiger partial charge < -0.3 is 0 Å². The zero-order chi connectivity index (χ0) is 15.2. The smallest absolute Gasteiger partial charge is 0.256 e. The number of nitrogens with zero attached hydrogens (tertiary/aromatic N) is 3. The van der Waals surface area contributed by atoms with Gasteiger partial charge in [-0.25, -0.2) is 8.42 Å². The zero-order valence-electron chi connectivity index (χ0n) is 12.5. The summed E-state index contributed by atoms with van der Waals surface area (Å²) in [6.45, 7) is 5.09. The molecule has 0 fully saturated rings. The molecule has 3 rings (SSSR count). The van der Waals surface area contributed by atoms with Gasteiger partial charge in [-0.2, -0.15) is 9.40 Å². The monoisotopic (exact) mass is 305 g/mol. The molecule has 0 saturated heterocycles. The Hall–Kier alpha value is -1.66. The fourth-order valence-electron chi connectivity index (χ4n) is 3.04. The molecule has 0 atom stereocenters. The van der Waals surface area contributed by atoms with Crippen molar-refractivity contribution in [2.75, 3.05) is 6.54 Å². The van der Waals surface area contributed by atoms with Crippen LogP contribution in [0.3, 0.4) is 0 Å². The maximum Gasteiger partial charge on any atom is 0.260 e. The van der Waals surface area contributed by atoms with Crippen LogP contribution in [0.4, 0.5) is 0 Å². The van der Waals surface area contributed by atoms with E-state index in [9.17, 15) is 8.42 Å². The minimum Gasteiger partial charge on any atom is -0.256 e. The molecule has 0 amide bonds. The van der Waals surface area contributed by atoms with Gasteiger partial charge in [-0.15, -0.1) is 0 Å². The third-order valence-electron chi connectivity index (χ3n) is 4.05. The highest BCUT2D eigenvalue weighted by Crippen LogP contribution is 2.27. The van der Waals surface area contributed by atoms with Crippen molar-refractivity contribution in [1.82, 2.24) is 14.1 Å². The Kier molecular flexibility index (Phi) is 3.37. The Bertz CT molecular complexity index is 793. The molecule has 2 aromatic rings. The van der Waals surface area contributed by atoms with Crippen molar-refractivity contribution in [3.63, 3.8) is 0 Å². The molecule has 5 nitrogen and oxygen atoms in total. The summed E-state index contributed by atoms with van der Waals surface area (Å²) >= 11 is 0. The third kappa shape index (κ3) is 2.38. The standard InChI is InChI=1S/C15H19N3O2S/c1-11-8-12(2)14-5-7-18(10-13(14)9-11)21(19,20)15-4-6-16-17(15)3/h4,6,8-9H,5,7,10H2,1-3H3. The topological polar surface area (TPSA) is 55.2 Å². The predicted molar refractivity (Wildman–Crippen MR) is 80.4 cm³/mol. The van der Waals surface area contributed by atoms with Crippen molar-refractivity contribution < 1.29 is 8.42 Å². The van der Waals surface area contributed by atoms with Crippen LogP contribution in [0, 0.1) is 13.8 Å². The van der Waals surface area contributed by atoms with E-state index >= 15 is 0 Å². The average Bonchev–Trinajstić information content (AvgIpc) is 2.84. The lowest BCUT2D eigenvalue weighted by atomic mass is 9.94. The van der Waals surface area contributed by atoms with Crippen molar-refractivity contribution in [2.24, 2.45) is 7.05 Å². The Balaban J connectivity index is 1.99. The Morgan fingerprint density at radius 2 is 2.00 bits per heavy atom. The summed E-state index contributed by atoms with van der Waals surface area (Å²) in [5.41, 5.74) is 4.83. The lowest BCUT2D eigenvalue weighted by Crippen LogP contribution is -2.37. The fourth-order valence-corrected chi connectivity index (χ4v) is 4.56. The molecule has 0 aliphatic carbocycles. The highest BCUT2D eigenvalue weighted by atomic mass is 32.2. The number of rotatable bonds is 2. The molecule has 6 heteroatoms. The number of hydrogen-bond donors (Lipinski definition) is 0. The summed E-state index contributed by atoms with van der Waals surface area (Å²) in [4.78, 5) is 0. The minimum absolute atomic E-state index is 0.246. The van der Waals surface area contributed by atoms with E-state index in [1.165, 1.54) is 27.6 Å². The van der Waals surface area contributed by atoms with Crippen molar-refractivity contribution in [2.45, 2.75) is 31.8 Å². The average molecular weight is 305 g/mol. The van der Waals surface area contributed by atoms with E-state index in [-0.39, 0.29) is 5.03 Å². The first-order valence-electron chi connectivity index (χ1n) is 6.97. The first kappa shape index (κ1) is 14.3. The molecule has 1 aliphatic rings. The van der Waals surface area contributed by atoms with Gasteiger partial charge in [-0.3, -0.25) is 4.68 Å². The van der Waals surface area contributed by atoms with Gasteiger partial charge in [0.05, 0.1) is 6.20 Å². The SMILES string of the molecule is Cc1cc(C)c2c(c1)CN(S(=O)(=O)c1ccnn1C)CC2. The van der Waals surface area contributed by atoms with Crippen LogP contribution in [-0.2, 0) is 30.0 Å². The summed E-state index contributed by atoms with van der Waals surface area (Å²) < 4.78 is 28.4. The summed E-state index contributed by atoms with van der Waals surface area (Å²) in [6.07, 6.45) is 2.28. The largest absolute Gasteiger partial charge is 0.260 e. The van der Waals surface area contributed by atoms with Gasteiger partial charge in [0.15, 0.2) is 5.03 Å². The fraction of sp³-hybridized carbons (Fsp3) is 0.400. The number of hydrogen-bond acceptors (Lipinski definition) is 3. The number of fused-ring (bicyclic) bond motifs is 1. The Morgan fingerprint density at radius 3 is 2.67 bits per heavy atom. The molecule has 1 aromatic carbocycles. The second-order valence-electron chi connectivity index (χ2n) is 5.60. The van der Waals surface area contributed by atoms with E-state index in [0.29, 0.717) is 13.1 Å². The van der Waals surface area contributed by atoms with Crippen LogP contribution in [0.2, 0.25) is 0 Å². The lowest BCUT2D eigenvalue weighted by Gasteiger charge is -2.29. The van der Waals surface area contributed by atoms with Gasteiger partial charge in [0, 0.05) is 20.1 Å². The number of sulfonamides is 1. The van der Waals surface area contributed by atoms with Gasteiger partial charge >= 0.3 is 0 Å². The summed E-state index contributed by atoms with van der Waals surface area (Å²) in [5, 5.41) is 4.21. The van der Waals surface area contributed by atoms with Gasteiger partial charge in [0.2, 0.25) is 0 Å². The number of benzene rings is 1. The molecule has 112 valence electrons. The van der Waals surface area contributed by atoms with Gasteiger partial charge in [-0.05, 0) is 43.0 Å². The number of aryl methyl sites for hydroxylation is 3. The third-order valence-corrected chi connectivity index (χ3v) is 5.97. The molecule has 21 heavy (non-hydrogen) atoms. The van der Waals surface area contributed by atoms with E-state index in [1.807, 2.05) is 6.92 Å². The molecule has 0 unspecified atom stereocenters. The zero-order valence-corrected chi connectivity index (χ0v) is 13.3. The molecule has 1 aromatic heterocycles. The Morgan fingerprint density at radius 1 is 1.24 bits per heavy atom. The van der Waals surface area contributed by atoms with E-state index in [2.05, 4.69) is 24.2 Å².